The van der Waals surface area contributed by atoms with Crippen LogP contribution in [0.15, 0.2) is 0 Å². The topological polar surface area (TPSA) is 32.3 Å². The van der Waals surface area contributed by atoms with Gasteiger partial charge in [-0.25, -0.2) is 0 Å². The Morgan fingerprint density at radius 1 is 1.25 bits per heavy atom. The maximum Gasteiger partial charge on any atom is 0.229 e. The second kappa shape index (κ2) is 6.93. The Balaban J connectivity index is 2.11. The van der Waals surface area contributed by atoms with Gasteiger partial charge in [-0.05, 0) is 58.0 Å². The molecule has 0 bridgehead atoms. The molecule has 1 heterocycles. The Morgan fingerprint density at radius 2 is 1.85 bits per heavy atom. The SMILES string of the molecule is CCN(C(=O)C1(CC(C)C)CCCC1)C1CCNCC1. The Labute approximate surface area is 124 Å². The molecule has 2 rings (SSSR count). The van der Waals surface area contributed by atoms with Crippen LogP contribution in [0.3, 0.4) is 0 Å². The predicted molar refractivity (Wildman–Crippen MR) is 83.6 cm³/mol. The van der Waals surface area contributed by atoms with Crippen molar-refractivity contribution in [2.75, 3.05) is 19.6 Å². The van der Waals surface area contributed by atoms with Crippen LogP contribution in [-0.4, -0.2) is 36.5 Å². The predicted octanol–water partition coefficient (Wildman–Crippen LogP) is 3.19. The summed E-state index contributed by atoms with van der Waals surface area (Å²) < 4.78 is 0. The molecule has 0 radical (unpaired) electrons. The Kier molecular flexibility index (Phi) is 5.48. The summed E-state index contributed by atoms with van der Waals surface area (Å²) in [5.74, 6) is 1.09. The van der Waals surface area contributed by atoms with Gasteiger partial charge in [-0.3, -0.25) is 4.79 Å². The lowest BCUT2D eigenvalue weighted by Crippen LogP contribution is -2.51. The molecular formula is C17H32N2O. The molecule has 20 heavy (non-hydrogen) atoms. The third kappa shape index (κ3) is 3.36. The Hall–Kier alpha value is -0.570. The summed E-state index contributed by atoms with van der Waals surface area (Å²) in [6.07, 6.45) is 8.03. The summed E-state index contributed by atoms with van der Waals surface area (Å²) in [5, 5.41) is 3.41. The van der Waals surface area contributed by atoms with Gasteiger partial charge >= 0.3 is 0 Å². The molecule has 1 saturated carbocycles. The quantitative estimate of drug-likeness (QED) is 0.839. The molecule has 1 saturated heterocycles. The average molecular weight is 280 g/mol. The first-order chi connectivity index (χ1) is 9.59. The van der Waals surface area contributed by atoms with E-state index in [0.717, 1.165) is 51.7 Å². The first kappa shape index (κ1) is 15.8. The standard InChI is InChI=1S/C17H32N2O/c1-4-19(15-7-11-18-12-8-15)16(20)17(13-14(2)3)9-5-6-10-17/h14-15,18H,4-13H2,1-3H3. The van der Waals surface area contributed by atoms with Gasteiger partial charge in [-0.2, -0.15) is 0 Å². The number of piperidine rings is 1. The van der Waals surface area contributed by atoms with Crippen LogP contribution in [0.5, 0.6) is 0 Å². The molecule has 0 unspecified atom stereocenters. The van der Waals surface area contributed by atoms with Crippen molar-refractivity contribution < 1.29 is 4.79 Å². The fraction of sp³-hybridized carbons (Fsp3) is 0.941. The van der Waals surface area contributed by atoms with Crippen LogP contribution in [0.2, 0.25) is 0 Å². The molecule has 1 N–H and O–H groups in total. The van der Waals surface area contributed by atoms with Crippen LogP contribution in [0.25, 0.3) is 0 Å². The number of amides is 1. The molecule has 0 aromatic carbocycles. The lowest BCUT2D eigenvalue weighted by molar-refractivity contribution is -0.145. The van der Waals surface area contributed by atoms with Gasteiger partial charge in [-0.1, -0.05) is 26.7 Å². The van der Waals surface area contributed by atoms with Crippen LogP contribution in [-0.2, 0) is 4.79 Å². The maximum atomic E-state index is 13.2. The maximum absolute atomic E-state index is 13.2. The van der Waals surface area contributed by atoms with Crippen molar-refractivity contribution in [3.63, 3.8) is 0 Å². The number of carbonyl (C=O) groups excluding carboxylic acids is 1. The second-order valence-electron chi connectivity index (χ2n) is 7.16. The number of rotatable bonds is 5. The lowest BCUT2D eigenvalue weighted by Gasteiger charge is -2.40. The van der Waals surface area contributed by atoms with Crippen molar-refractivity contribution in [1.29, 1.82) is 0 Å². The van der Waals surface area contributed by atoms with Crippen molar-refractivity contribution in [2.45, 2.75) is 71.8 Å². The zero-order chi connectivity index (χ0) is 14.6. The molecule has 2 fully saturated rings. The molecule has 3 nitrogen and oxygen atoms in total. The van der Waals surface area contributed by atoms with E-state index in [2.05, 4.69) is 31.0 Å². The first-order valence-electron chi connectivity index (χ1n) is 8.61. The van der Waals surface area contributed by atoms with Gasteiger partial charge in [0.1, 0.15) is 0 Å². The van der Waals surface area contributed by atoms with Crippen LogP contribution >= 0.6 is 0 Å². The molecule has 0 aromatic heterocycles. The molecule has 0 atom stereocenters. The highest BCUT2D eigenvalue weighted by molar-refractivity contribution is 5.83. The summed E-state index contributed by atoms with van der Waals surface area (Å²) in [6.45, 7) is 9.67. The van der Waals surface area contributed by atoms with E-state index in [-0.39, 0.29) is 5.41 Å². The van der Waals surface area contributed by atoms with Crippen molar-refractivity contribution >= 4 is 5.91 Å². The van der Waals surface area contributed by atoms with E-state index in [1.165, 1.54) is 12.8 Å². The van der Waals surface area contributed by atoms with E-state index in [1.807, 2.05) is 0 Å². The highest BCUT2D eigenvalue weighted by atomic mass is 16.2. The summed E-state index contributed by atoms with van der Waals surface area (Å²) in [6, 6.07) is 0.471. The van der Waals surface area contributed by atoms with Crippen LogP contribution < -0.4 is 5.32 Å². The zero-order valence-electron chi connectivity index (χ0n) is 13.6. The Morgan fingerprint density at radius 3 is 2.35 bits per heavy atom. The number of nitrogens with zero attached hydrogens (tertiary/aromatic N) is 1. The molecule has 0 spiro atoms. The largest absolute Gasteiger partial charge is 0.339 e. The summed E-state index contributed by atoms with van der Waals surface area (Å²) >= 11 is 0. The van der Waals surface area contributed by atoms with Gasteiger partial charge in [0.25, 0.3) is 0 Å². The van der Waals surface area contributed by atoms with Crippen molar-refractivity contribution in [3.05, 3.63) is 0 Å². The smallest absolute Gasteiger partial charge is 0.229 e. The third-order valence-corrected chi connectivity index (χ3v) is 5.16. The van der Waals surface area contributed by atoms with Crippen molar-refractivity contribution in [3.8, 4) is 0 Å². The zero-order valence-corrected chi connectivity index (χ0v) is 13.6. The van der Waals surface area contributed by atoms with Gasteiger partial charge in [0.2, 0.25) is 5.91 Å². The molecule has 2 aliphatic rings. The Bertz CT molecular complexity index is 315. The highest BCUT2D eigenvalue weighted by Crippen LogP contribution is 2.45. The van der Waals surface area contributed by atoms with Crippen LogP contribution in [0.1, 0.15) is 65.7 Å². The molecule has 3 heteroatoms. The number of hydrogen-bond acceptors (Lipinski definition) is 2. The van der Waals surface area contributed by atoms with Crippen LogP contribution in [0, 0.1) is 11.3 Å². The molecule has 1 aliphatic carbocycles. The van der Waals surface area contributed by atoms with Gasteiger partial charge < -0.3 is 10.2 Å². The highest BCUT2D eigenvalue weighted by Gasteiger charge is 2.44. The van der Waals surface area contributed by atoms with E-state index >= 15 is 0 Å². The summed E-state index contributed by atoms with van der Waals surface area (Å²) in [4.78, 5) is 15.5. The van der Waals surface area contributed by atoms with E-state index in [4.69, 9.17) is 0 Å². The molecule has 116 valence electrons. The molecule has 1 aliphatic heterocycles. The number of hydrogen-bond donors (Lipinski definition) is 1. The van der Waals surface area contributed by atoms with Gasteiger partial charge in [0.05, 0.1) is 0 Å². The molecule has 1 amide bonds. The normalized spacial score (nSPS) is 23.2. The minimum absolute atomic E-state index is 0.0327. The minimum atomic E-state index is -0.0327. The van der Waals surface area contributed by atoms with Crippen LogP contribution in [0.4, 0.5) is 0 Å². The molecular weight excluding hydrogens is 248 g/mol. The first-order valence-corrected chi connectivity index (χ1v) is 8.61. The van der Waals surface area contributed by atoms with E-state index in [9.17, 15) is 4.79 Å². The van der Waals surface area contributed by atoms with E-state index in [1.54, 1.807) is 0 Å². The molecule has 0 aromatic rings. The lowest BCUT2D eigenvalue weighted by atomic mass is 9.76. The third-order valence-electron chi connectivity index (χ3n) is 5.16. The van der Waals surface area contributed by atoms with Crippen molar-refractivity contribution in [1.82, 2.24) is 10.2 Å². The fourth-order valence-corrected chi connectivity index (χ4v) is 4.33. The van der Waals surface area contributed by atoms with Gasteiger partial charge in [-0.15, -0.1) is 0 Å². The number of nitrogens with one attached hydrogen (secondary N) is 1. The number of carbonyl (C=O) groups is 1. The van der Waals surface area contributed by atoms with E-state index < -0.39 is 0 Å². The average Bonchev–Trinajstić information content (AvgIpc) is 2.89. The summed E-state index contributed by atoms with van der Waals surface area (Å²) in [5.41, 5.74) is -0.0327. The summed E-state index contributed by atoms with van der Waals surface area (Å²) in [7, 11) is 0. The van der Waals surface area contributed by atoms with Crippen molar-refractivity contribution in [2.24, 2.45) is 11.3 Å². The van der Waals surface area contributed by atoms with E-state index in [0.29, 0.717) is 17.9 Å². The fourth-order valence-electron chi connectivity index (χ4n) is 4.33. The minimum Gasteiger partial charge on any atom is -0.339 e. The monoisotopic (exact) mass is 280 g/mol. The van der Waals surface area contributed by atoms with Gasteiger partial charge in [0.15, 0.2) is 0 Å². The van der Waals surface area contributed by atoms with Gasteiger partial charge in [0, 0.05) is 18.0 Å². The second-order valence-corrected chi connectivity index (χ2v) is 7.16.